The van der Waals surface area contributed by atoms with Crippen molar-refractivity contribution in [3.05, 3.63) is 64.2 Å². The summed E-state index contributed by atoms with van der Waals surface area (Å²) in [4.78, 5) is 17.2. The molecule has 0 aliphatic carbocycles. The Balaban J connectivity index is 1.82. The van der Waals surface area contributed by atoms with Crippen LogP contribution >= 0.6 is 24.0 Å². The van der Waals surface area contributed by atoms with Gasteiger partial charge in [0.25, 0.3) is 5.91 Å². The van der Waals surface area contributed by atoms with Gasteiger partial charge in [-0.15, -0.1) is 0 Å². The van der Waals surface area contributed by atoms with Gasteiger partial charge in [-0.3, -0.25) is 9.78 Å². The van der Waals surface area contributed by atoms with Crippen molar-refractivity contribution in [3.8, 4) is 16.9 Å². The van der Waals surface area contributed by atoms with Gasteiger partial charge in [0.2, 0.25) is 0 Å². The van der Waals surface area contributed by atoms with Gasteiger partial charge in [0, 0.05) is 16.6 Å². The third kappa shape index (κ3) is 3.53. The largest absolute Gasteiger partial charge is 0.496 e. The molecule has 2 aromatic carbocycles. The van der Waals surface area contributed by atoms with Crippen molar-refractivity contribution in [1.82, 2.24) is 10.3 Å². The maximum atomic E-state index is 12.0. The number of carbonyl (C=O) groups excluding carboxylic acids is 1. The normalized spacial score (nSPS) is 15.3. The Morgan fingerprint density at radius 2 is 1.96 bits per heavy atom. The molecular formula is C22H18N2O2S2. The first-order valence-electron chi connectivity index (χ1n) is 8.76. The molecule has 0 radical (unpaired) electrons. The van der Waals surface area contributed by atoms with Crippen LogP contribution in [0.3, 0.4) is 0 Å². The predicted octanol–water partition coefficient (Wildman–Crippen LogP) is 5.02. The second-order valence-corrected chi connectivity index (χ2v) is 8.34. The van der Waals surface area contributed by atoms with Gasteiger partial charge in [-0.1, -0.05) is 42.2 Å². The molecule has 1 saturated heterocycles. The van der Waals surface area contributed by atoms with E-state index < -0.39 is 0 Å². The van der Waals surface area contributed by atoms with Gasteiger partial charge in [-0.25, -0.2) is 0 Å². The molecule has 4 rings (SSSR count). The lowest BCUT2D eigenvalue weighted by atomic mass is 9.99. The second-order valence-electron chi connectivity index (χ2n) is 6.62. The number of fused-ring (bicyclic) bond motifs is 1. The third-order valence-corrected chi connectivity index (χ3v) is 5.78. The number of carbonyl (C=O) groups is 1. The summed E-state index contributed by atoms with van der Waals surface area (Å²) in [7, 11) is 1.66. The number of nitrogens with one attached hydrogen (secondary N) is 1. The fourth-order valence-corrected chi connectivity index (χ4v) is 4.40. The number of ether oxygens (including phenoxy) is 1. The molecule has 6 heteroatoms. The maximum absolute atomic E-state index is 12.0. The molecule has 0 unspecified atom stereocenters. The minimum atomic E-state index is -0.159. The number of amides is 1. The number of thiocarbonyl (C=S) groups is 1. The topological polar surface area (TPSA) is 51.2 Å². The molecule has 1 aliphatic heterocycles. The predicted molar refractivity (Wildman–Crippen MR) is 120 cm³/mol. The number of aromatic nitrogens is 1. The Labute approximate surface area is 173 Å². The summed E-state index contributed by atoms with van der Waals surface area (Å²) < 4.78 is 6.06. The molecule has 140 valence electrons. The molecule has 2 heterocycles. The summed E-state index contributed by atoms with van der Waals surface area (Å²) in [5, 5.41) is 3.78. The highest BCUT2D eigenvalue weighted by atomic mass is 32.2. The van der Waals surface area contributed by atoms with Gasteiger partial charge in [-0.2, -0.15) is 0 Å². The average Bonchev–Trinajstić information content (AvgIpc) is 2.98. The maximum Gasteiger partial charge on any atom is 0.263 e. The molecule has 4 nitrogen and oxygen atoms in total. The van der Waals surface area contributed by atoms with E-state index in [0.29, 0.717) is 9.23 Å². The molecule has 0 bridgehead atoms. The lowest BCUT2D eigenvalue weighted by Crippen LogP contribution is -2.17. The Morgan fingerprint density at radius 3 is 2.68 bits per heavy atom. The lowest BCUT2D eigenvalue weighted by Gasteiger charge is -2.12. The van der Waals surface area contributed by atoms with Crippen LogP contribution in [-0.4, -0.2) is 22.3 Å². The molecule has 1 amide bonds. The number of hydrogen-bond acceptors (Lipinski definition) is 5. The van der Waals surface area contributed by atoms with E-state index in [2.05, 4.69) is 41.5 Å². The number of pyridine rings is 1. The van der Waals surface area contributed by atoms with E-state index in [1.807, 2.05) is 31.2 Å². The van der Waals surface area contributed by atoms with Gasteiger partial charge in [0.15, 0.2) is 0 Å². The number of aryl methyl sites for hydroxylation is 2. The van der Waals surface area contributed by atoms with Crippen molar-refractivity contribution < 1.29 is 9.53 Å². The Bertz CT molecular complexity index is 1170. The van der Waals surface area contributed by atoms with Crippen LogP contribution in [0.15, 0.2) is 47.4 Å². The van der Waals surface area contributed by atoms with Crippen molar-refractivity contribution in [2.75, 3.05) is 7.11 Å². The van der Waals surface area contributed by atoms with Crippen LogP contribution in [0.4, 0.5) is 0 Å². The molecule has 0 saturated carbocycles. The summed E-state index contributed by atoms with van der Waals surface area (Å²) in [5.74, 6) is 0.609. The van der Waals surface area contributed by atoms with Crippen LogP contribution < -0.4 is 10.1 Å². The number of nitrogens with zero attached hydrogens (tertiary/aromatic N) is 1. The fraction of sp³-hybridized carbons (Fsp3) is 0.136. The monoisotopic (exact) mass is 406 g/mol. The first kappa shape index (κ1) is 18.7. The fourth-order valence-electron chi connectivity index (χ4n) is 3.35. The van der Waals surface area contributed by atoms with Crippen LogP contribution in [0.1, 0.15) is 16.8 Å². The first-order chi connectivity index (χ1) is 13.4. The van der Waals surface area contributed by atoms with Gasteiger partial charge in [0.1, 0.15) is 10.1 Å². The van der Waals surface area contributed by atoms with Crippen molar-refractivity contribution in [3.63, 3.8) is 0 Å². The zero-order valence-electron chi connectivity index (χ0n) is 15.7. The van der Waals surface area contributed by atoms with Crippen LogP contribution in [-0.2, 0) is 4.79 Å². The van der Waals surface area contributed by atoms with Crippen LogP contribution in [0.2, 0.25) is 0 Å². The van der Waals surface area contributed by atoms with Crippen molar-refractivity contribution in [2.45, 2.75) is 13.8 Å². The molecule has 1 aromatic heterocycles. The average molecular weight is 407 g/mol. The molecule has 0 atom stereocenters. The highest BCUT2D eigenvalue weighted by molar-refractivity contribution is 8.26. The number of rotatable bonds is 3. The Morgan fingerprint density at radius 1 is 1.14 bits per heavy atom. The molecule has 0 spiro atoms. The smallest absolute Gasteiger partial charge is 0.263 e. The zero-order chi connectivity index (χ0) is 19.8. The SMILES string of the molecule is COc1ccc(C=C2SC(=S)NC2=O)cc1-c1ccc2c(C)cc(C)nc2c1. The summed E-state index contributed by atoms with van der Waals surface area (Å²) in [6.45, 7) is 4.10. The van der Waals surface area contributed by atoms with Crippen molar-refractivity contribution >= 4 is 51.2 Å². The Kier molecular flexibility index (Phi) is 4.91. The van der Waals surface area contributed by atoms with Gasteiger partial charge in [-0.05, 0) is 60.9 Å². The summed E-state index contributed by atoms with van der Waals surface area (Å²) >= 11 is 6.34. The van der Waals surface area contributed by atoms with Crippen LogP contribution in [0.25, 0.3) is 28.1 Å². The van der Waals surface area contributed by atoms with Gasteiger partial charge in [0.05, 0.1) is 17.5 Å². The van der Waals surface area contributed by atoms with E-state index in [1.165, 1.54) is 17.3 Å². The summed E-state index contributed by atoms with van der Waals surface area (Å²) in [5.41, 5.74) is 6.03. The third-order valence-electron chi connectivity index (χ3n) is 4.62. The number of hydrogen-bond donors (Lipinski definition) is 1. The molecule has 3 aromatic rings. The number of thioether (sulfide) groups is 1. The van der Waals surface area contributed by atoms with E-state index >= 15 is 0 Å². The number of methoxy groups -OCH3 is 1. The minimum absolute atomic E-state index is 0.159. The highest BCUT2D eigenvalue weighted by Gasteiger charge is 2.22. The van der Waals surface area contributed by atoms with Crippen LogP contribution in [0.5, 0.6) is 5.75 Å². The minimum Gasteiger partial charge on any atom is -0.496 e. The van der Waals surface area contributed by atoms with E-state index in [-0.39, 0.29) is 5.91 Å². The molecule has 1 N–H and O–H groups in total. The first-order valence-corrected chi connectivity index (χ1v) is 9.98. The van der Waals surface area contributed by atoms with E-state index in [0.717, 1.165) is 39.0 Å². The van der Waals surface area contributed by atoms with Gasteiger partial charge < -0.3 is 10.1 Å². The zero-order valence-corrected chi connectivity index (χ0v) is 17.3. The molecule has 1 aliphatic rings. The van der Waals surface area contributed by atoms with Gasteiger partial charge >= 0.3 is 0 Å². The van der Waals surface area contributed by atoms with E-state index in [4.69, 9.17) is 17.0 Å². The highest BCUT2D eigenvalue weighted by Crippen LogP contribution is 2.35. The van der Waals surface area contributed by atoms with Crippen molar-refractivity contribution in [2.24, 2.45) is 0 Å². The number of benzene rings is 2. The summed E-state index contributed by atoms with van der Waals surface area (Å²) in [6.07, 6.45) is 1.84. The molecule has 1 fully saturated rings. The standard InChI is InChI=1S/C22H18N2O2S2/c1-12-8-13(2)23-18-11-15(5-6-16(12)18)17-9-14(4-7-19(17)26-3)10-20-21(25)24-22(27)28-20/h4-11H,1-3H3,(H,24,25,27). The van der Waals surface area contributed by atoms with E-state index in [1.54, 1.807) is 7.11 Å². The lowest BCUT2D eigenvalue weighted by molar-refractivity contribution is -0.115. The van der Waals surface area contributed by atoms with E-state index in [9.17, 15) is 4.79 Å². The quantitative estimate of drug-likeness (QED) is 0.489. The molecule has 28 heavy (non-hydrogen) atoms. The summed E-state index contributed by atoms with van der Waals surface area (Å²) in [6, 6.07) is 14.2. The van der Waals surface area contributed by atoms with Crippen LogP contribution in [0, 0.1) is 13.8 Å². The van der Waals surface area contributed by atoms with Crippen molar-refractivity contribution in [1.29, 1.82) is 0 Å². The molecular weight excluding hydrogens is 388 g/mol. The Hall–Kier alpha value is -2.70. The second kappa shape index (κ2) is 7.37.